The summed E-state index contributed by atoms with van der Waals surface area (Å²) >= 11 is 21.1. The van der Waals surface area contributed by atoms with Crippen LogP contribution in [0.3, 0.4) is 0 Å². The number of imide groups is 1. The lowest BCUT2D eigenvalue weighted by Crippen LogP contribution is -2.57. The number of halogens is 3. The molecule has 1 aliphatic heterocycles. The summed E-state index contributed by atoms with van der Waals surface area (Å²) in [6.07, 6.45) is 0. The third-order valence-corrected chi connectivity index (χ3v) is 8.69. The Kier molecular flexibility index (Phi) is 3.83. The van der Waals surface area contributed by atoms with Gasteiger partial charge in [-0.05, 0) is 46.9 Å². The summed E-state index contributed by atoms with van der Waals surface area (Å²) in [6.45, 7) is 1.87. The lowest BCUT2D eigenvalue weighted by Gasteiger charge is -2.54. The number of rotatable bonds is 1. The highest BCUT2D eigenvalue weighted by atomic mass is 35.5. The molecular formula is C25H16Cl3NO2. The van der Waals surface area contributed by atoms with E-state index in [0.717, 1.165) is 27.8 Å². The molecule has 2 bridgehead atoms. The first-order valence-electron chi connectivity index (χ1n) is 10.0. The quantitative estimate of drug-likeness (QED) is 0.337. The van der Waals surface area contributed by atoms with Gasteiger partial charge in [-0.2, -0.15) is 0 Å². The third-order valence-electron chi connectivity index (χ3n) is 7.00. The minimum Gasteiger partial charge on any atom is -0.274 e. The number of carbonyl (C=O) groups is 2. The maximum Gasteiger partial charge on any atom is 0.240 e. The number of hydrogen-bond donors (Lipinski definition) is 0. The van der Waals surface area contributed by atoms with Crippen molar-refractivity contribution in [3.8, 4) is 0 Å². The standard InChI is InChI=1S/C25H16Cl3NO2/c1-13-10-11-14(12-19(13)26)29-22(30)20-21(23(29)31)25(28)16-7-3-2-6-15(16)24(20,27)17-8-4-5-9-18(17)25/h2-12,20-21H,1H3/t20-,21-,24?,25?/m1/s1. The van der Waals surface area contributed by atoms with E-state index in [1.54, 1.807) is 18.2 Å². The Bertz CT molecular complexity index is 1200. The van der Waals surface area contributed by atoms with Crippen LogP contribution in [0.4, 0.5) is 5.69 Å². The van der Waals surface area contributed by atoms with E-state index in [2.05, 4.69) is 0 Å². The zero-order valence-electron chi connectivity index (χ0n) is 16.4. The normalized spacial score (nSPS) is 30.3. The second-order valence-corrected chi connectivity index (χ2v) is 10.0. The minimum atomic E-state index is -1.18. The average Bonchev–Trinajstić information content (AvgIpc) is 3.05. The largest absolute Gasteiger partial charge is 0.274 e. The van der Waals surface area contributed by atoms with Crippen molar-refractivity contribution in [1.82, 2.24) is 0 Å². The van der Waals surface area contributed by atoms with Crippen molar-refractivity contribution in [2.24, 2.45) is 11.8 Å². The van der Waals surface area contributed by atoms with Crippen molar-refractivity contribution in [3.63, 3.8) is 0 Å². The molecule has 31 heavy (non-hydrogen) atoms. The van der Waals surface area contributed by atoms with Crippen LogP contribution in [0.1, 0.15) is 27.8 Å². The second-order valence-electron chi connectivity index (χ2n) is 8.42. The number of nitrogens with zero attached hydrogens (tertiary/aromatic N) is 1. The van der Waals surface area contributed by atoms with E-state index in [0.29, 0.717) is 10.7 Å². The number of anilines is 1. The summed E-state index contributed by atoms with van der Waals surface area (Å²) in [5.74, 6) is -2.33. The molecule has 1 saturated heterocycles. The summed E-state index contributed by atoms with van der Waals surface area (Å²) in [5, 5.41) is 0.490. The van der Waals surface area contributed by atoms with Crippen LogP contribution in [0.2, 0.25) is 5.02 Å². The topological polar surface area (TPSA) is 37.4 Å². The Morgan fingerprint density at radius 2 is 1.16 bits per heavy atom. The molecular weight excluding hydrogens is 453 g/mol. The maximum atomic E-state index is 13.8. The second kappa shape index (κ2) is 6.13. The van der Waals surface area contributed by atoms with Gasteiger partial charge >= 0.3 is 0 Å². The molecule has 7 rings (SSSR count). The molecule has 0 spiro atoms. The molecule has 154 valence electrons. The van der Waals surface area contributed by atoms with Crippen LogP contribution in [0.25, 0.3) is 0 Å². The Hall–Kier alpha value is -2.33. The van der Waals surface area contributed by atoms with E-state index >= 15 is 0 Å². The van der Waals surface area contributed by atoms with Crippen LogP contribution in [0, 0.1) is 18.8 Å². The molecule has 3 aromatic carbocycles. The molecule has 0 aromatic heterocycles. The van der Waals surface area contributed by atoms with Crippen molar-refractivity contribution >= 4 is 52.3 Å². The lowest BCUT2D eigenvalue weighted by molar-refractivity contribution is -0.122. The van der Waals surface area contributed by atoms with E-state index in [9.17, 15) is 9.59 Å². The number of amides is 2. The van der Waals surface area contributed by atoms with Crippen molar-refractivity contribution in [2.45, 2.75) is 16.7 Å². The Labute approximate surface area is 194 Å². The van der Waals surface area contributed by atoms with E-state index < -0.39 is 21.6 Å². The summed E-state index contributed by atoms with van der Waals surface area (Å²) in [4.78, 5) is 26.5. The zero-order chi connectivity index (χ0) is 21.7. The Balaban J connectivity index is 1.65. The van der Waals surface area contributed by atoms with Crippen molar-refractivity contribution in [1.29, 1.82) is 0 Å². The number of hydrogen-bond acceptors (Lipinski definition) is 2. The highest BCUT2D eigenvalue weighted by Crippen LogP contribution is 2.69. The van der Waals surface area contributed by atoms with Gasteiger partial charge in [0.15, 0.2) is 0 Å². The van der Waals surface area contributed by atoms with Gasteiger partial charge in [0.1, 0.15) is 9.75 Å². The van der Waals surface area contributed by atoms with Crippen LogP contribution in [-0.2, 0) is 19.3 Å². The molecule has 2 amide bonds. The number of alkyl halides is 2. The fourth-order valence-electron chi connectivity index (χ4n) is 5.64. The first-order chi connectivity index (χ1) is 14.8. The van der Waals surface area contributed by atoms with E-state index in [1.807, 2.05) is 55.5 Å². The third kappa shape index (κ3) is 2.12. The maximum absolute atomic E-state index is 13.8. The Morgan fingerprint density at radius 1 is 0.742 bits per heavy atom. The van der Waals surface area contributed by atoms with Gasteiger partial charge in [0.05, 0.1) is 17.5 Å². The smallest absolute Gasteiger partial charge is 0.240 e. The van der Waals surface area contributed by atoms with Gasteiger partial charge < -0.3 is 0 Å². The molecule has 2 atom stereocenters. The first kappa shape index (κ1) is 19.4. The average molecular weight is 469 g/mol. The zero-order valence-corrected chi connectivity index (χ0v) is 18.7. The van der Waals surface area contributed by atoms with Gasteiger partial charge in [0.2, 0.25) is 11.8 Å². The minimum absolute atomic E-state index is 0.348. The molecule has 3 aromatic rings. The van der Waals surface area contributed by atoms with Crippen molar-refractivity contribution in [2.75, 3.05) is 4.90 Å². The first-order valence-corrected chi connectivity index (χ1v) is 11.2. The predicted molar refractivity (Wildman–Crippen MR) is 122 cm³/mol. The van der Waals surface area contributed by atoms with Crippen molar-refractivity contribution < 1.29 is 9.59 Å². The van der Waals surface area contributed by atoms with Crippen LogP contribution in [0.5, 0.6) is 0 Å². The number of benzene rings is 3. The van der Waals surface area contributed by atoms with Gasteiger partial charge in [-0.25, -0.2) is 4.90 Å². The van der Waals surface area contributed by atoms with E-state index in [4.69, 9.17) is 34.8 Å². The molecule has 6 heteroatoms. The van der Waals surface area contributed by atoms with Gasteiger partial charge in [-0.3, -0.25) is 9.59 Å². The van der Waals surface area contributed by atoms with Crippen LogP contribution in [0.15, 0.2) is 66.7 Å². The van der Waals surface area contributed by atoms with Gasteiger partial charge in [-0.15, -0.1) is 23.2 Å². The molecule has 3 nitrogen and oxygen atoms in total. The fraction of sp³-hybridized carbons (Fsp3) is 0.200. The fourth-order valence-corrected chi connectivity index (χ4v) is 6.92. The summed E-state index contributed by atoms with van der Waals surface area (Å²) in [7, 11) is 0. The van der Waals surface area contributed by atoms with E-state index in [-0.39, 0.29) is 11.8 Å². The molecule has 4 aliphatic rings. The molecule has 1 fully saturated rings. The highest BCUT2D eigenvalue weighted by Gasteiger charge is 2.73. The van der Waals surface area contributed by atoms with Gasteiger partial charge in [0.25, 0.3) is 0 Å². The summed E-state index contributed by atoms with van der Waals surface area (Å²) in [6, 6.07) is 20.4. The molecule has 0 N–H and O–H groups in total. The molecule has 0 saturated carbocycles. The number of aryl methyl sites for hydroxylation is 1. The summed E-state index contributed by atoms with van der Waals surface area (Å²) < 4.78 is 0. The predicted octanol–water partition coefficient (Wildman–Crippen LogP) is 5.75. The van der Waals surface area contributed by atoms with Gasteiger partial charge in [-0.1, -0.05) is 66.2 Å². The lowest BCUT2D eigenvalue weighted by atomic mass is 9.54. The van der Waals surface area contributed by atoms with Crippen LogP contribution in [-0.4, -0.2) is 11.8 Å². The summed E-state index contributed by atoms with van der Waals surface area (Å²) in [5.41, 5.74) is 4.46. The Morgan fingerprint density at radius 3 is 1.55 bits per heavy atom. The van der Waals surface area contributed by atoms with Crippen LogP contribution < -0.4 is 4.90 Å². The molecule has 1 heterocycles. The van der Waals surface area contributed by atoms with Crippen LogP contribution >= 0.6 is 34.8 Å². The van der Waals surface area contributed by atoms with Gasteiger partial charge in [0, 0.05) is 5.02 Å². The SMILES string of the molecule is Cc1ccc(N2C(=O)[C@H]3[C@H](C2=O)C2(Cl)c4ccccc4C3(Cl)c3ccccc32)cc1Cl. The molecule has 3 aliphatic carbocycles. The monoisotopic (exact) mass is 467 g/mol. The number of carbonyl (C=O) groups excluding carboxylic acids is 2. The molecule has 0 unspecified atom stereocenters. The highest BCUT2D eigenvalue weighted by molar-refractivity contribution is 6.39. The van der Waals surface area contributed by atoms with Crippen molar-refractivity contribution in [3.05, 3.63) is 99.6 Å². The van der Waals surface area contributed by atoms with E-state index in [1.165, 1.54) is 4.90 Å². The molecule has 0 radical (unpaired) electrons.